The second kappa shape index (κ2) is 3.55. The van der Waals surface area contributed by atoms with E-state index in [2.05, 4.69) is 45.9 Å². The molecule has 0 bridgehead atoms. The first kappa shape index (κ1) is 10.5. The van der Waals surface area contributed by atoms with E-state index in [4.69, 9.17) is 4.74 Å². The Hall–Kier alpha value is -0.980. The molecule has 0 heterocycles. The van der Waals surface area contributed by atoms with E-state index in [-0.39, 0.29) is 5.41 Å². The van der Waals surface area contributed by atoms with Crippen LogP contribution in [0.15, 0.2) is 18.2 Å². The van der Waals surface area contributed by atoms with Gasteiger partial charge in [-0.1, -0.05) is 32.9 Å². The van der Waals surface area contributed by atoms with Gasteiger partial charge in [-0.2, -0.15) is 0 Å². The summed E-state index contributed by atoms with van der Waals surface area (Å²) in [6.45, 7) is 8.90. The van der Waals surface area contributed by atoms with Crippen molar-refractivity contribution in [2.75, 3.05) is 0 Å². The molecule has 1 aliphatic rings. The summed E-state index contributed by atoms with van der Waals surface area (Å²) >= 11 is 0. The number of hydrogen-bond donors (Lipinski definition) is 0. The van der Waals surface area contributed by atoms with Crippen LogP contribution in [0.1, 0.15) is 44.7 Å². The molecule has 1 heteroatoms. The van der Waals surface area contributed by atoms with E-state index in [1.807, 2.05) is 0 Å². The summed E-state index contributed by atoms with van der Waals surface area (Å²) in [5, 5.41) is 0. The van der Waals surface area contributed by atoms with Crippen molar-refractivity contribution in [3.63, 3.8) is 0 Å². The Morgan fingerprint density at radius 2 is 1.87 bits per heavy atom. The molecular weight excluding hydrogens is 184 g/mol. The minimum Gasteiger partial charge on any atom is -0.490 e. The van der Waals surface area contributed by atoms with E-state index >= 15 is 0 Å². The van der Waals surface area contributed by atoms with E-state index in [0.717, 1.165) is 5.75 Å². The molecule has 1 aromatic rings. The van der Waals surface area contributed by atoms with Crippen LogP contribution in [-0.4, -0.2) is 6.10 Å². The van der Waals surface area contributed by atoms with Gasteiger partial charge in [-0.05, 0) is 36.8 Å². The molecule has 1 aliphatic carbocycles. The fourth-order valence-corrected chi connectivity index (χ4v) is 2.07. The number of hydrogen-bond acceptors (Lipinski definition) is 1. The van der Waals surface area contributed by atoms with Gasteiger partial charge in [-0.3, -0.25) is 0 Å². The average molecular weight is 204 g/mol. The van der Waals surface area contributed by atoms with Crippen molar-refractivity contribution < 1.29 is 4.74 Å². The molecule has 82 valence electrons. The predicted molar refractivity (Wildman–Crippen MR) is 63.5 cm³/mol. The molecular formula is C14H20O. The molecule has 1 nitrogen and oxygen atoms in total. The van der Waals surface area contributed by atoms with Crippen molar-refractivity contribution in [3.8, 4) is 5.75 Å². The fraction of sp³-hybridized carbons (Fsp3) is 0.571. The standard InChI is InChI=1S/C14H20O/c1-10-6-5-7-12(15-11-8-9-11)13(10)14(2,3)4/h5-7,11H,8-9H2,1-4H3. The number of benzene rings is 1. The van der Waals surface area contributed by atoms with Gasteiger partial charge in [0.15, 0.2) is 0 Å². The summed E-state index contributed by atoms with van der Waals surface area (Å²) < 4.78 is 5.96. The van der Waals surface area contributed by atoms with E-state index in [0.29, 0.717) is 6.10 Å². The first-order valence-corrected chi connectivity index (χ1v) is 5.75. The Labute approximate surface area is 92.5 Å². The lowest BCUT2D eigenvalue weighted by Gasteiger charge is -2.25. The lowest BCUT2D eigenvalue weighted by molar-refractivity contribution is 0.294. The van der Waals surface area contributed by atoms with Crippen molar-refractivity contribution >= 4 is 0 Å². The predicted octanol–water partition coefficient (Wildman–Crippen LogP) is 3.83. The van der Waals surface area contributed by atoms with E-state index < -0.39 is 0 Å². The van der Waals surface area contributed by atoms with Crippen LogP contribution in [0.2, 0.25) is 0 Å². The molecule has 2 rings (SSSR count). The molecule has 1 saturated carbocycles. The van der Waals surface area contributed by atoms with Crippen molar-refractivity contribution in [1.82, 2.24) is 0 Å². The highest BCUT2D eigenvalue weighted by atomic mass is 16.5. The molecule has 0 N–H and O–H groups in total. The Balaban J connectivity index is 2.38. The third-order valence-corrected chi connectivity index (χ3v) is 2.80. The maximum absolute atomic E-state index is 5.96. The van der Waals surface area contributed by atoms with Crippen LogP contribution >= 0.6 is 0 Å². The van der Waals surface area contributed by atoms with Crippen LogP contribution in [0.25, 0.3) is 0 Å². The molecule has 15 heavy (non-hydrogen) atoms. The summed E-state index contributed by atoms with van der Waals surface area (Å²) in [5.41, 5.74) is 2.85. The first-order chi connectivity index (χ1) is 6.98. The molecule has 1 aromatic carbocycles. The third kappa shape index (κ3) is 2.34. The third-order valence-electron chi connectivity index (χ3n) is 2.80. The molecule has 0 atom stereocenters. The quantitative estimate of drug-likeness (QED) is 0.711. The van der Waals surface area contributed by atoms with Gasteiger partial charge in [0.1, 0.15) is 5.75 Å². The lowest BCUT2D eigenvalue weighted by atomic mass is 9.83. The number of rotatable bonds is 2. The summed E-state index contributed by atoms with van der Waals surface area (Å²) in [4.78, 5) is 0. The van der Waals surface area contributed by atoms with Crippen molar-refractivity contribution in [3.05, 3.63) is 29.3 Å². The van der Waals surface area contributed by atoms with Gasteiger partial charge in [0.25, 0.3) is 0 Å². The summed E-state index contributed by atoms with van der Waals surface area (Å²) in [6, 6.07) is 6.36. The van der Waals surface area contributed by atoms with Gasteiger partial charge in [0.05, 0.1) is 6.10 Å². The monoisotopic (exact) mass is 204 g/mol. The summed E-state index contributed by atoms with van der Waals surface area (Å²) in [7, 11) is 0. The van der Waals surface area contributed by atoms with Crippen molar-refractivity contribution in [1.29, 1.82) is 0 Å². The van der Waals surface area contributed by atoms with Gasteiger partial charge in [-0.25, -0.2) is 0 Å². The van der Waals surface area contributed by atoms with Crippen LogP contribution in [0.4, 0.5) is 0 Å². The molecule has 0 saturated heterocycles. The normalized spacial score (nSPS) is 16.5. The first-order valence-electron chi connectivity index (χ1n) is 5.75. The van der Waals surface area contributed by atoms with Crippen LogP contribution < -0.4 is 4.74 Å². The number of aryl methyl sites for hydroxylation is 1. The van der Waals surface area contributed by atoms with Crippen LogP contribution in [0.5, 0.6) is 5.75 Å². The van der Waals surface area contributed by atoms with Gasteiger partial charge in [-0.15, -0.1) is 0 Å². The van der Waals surface area contributed by atoms with Crippen molar-refractivity contribution in [2.45, 2.75) is 52.1 Å². The van der Waals surface area contributed by atoms with Crippen molar-refractivity contribution in [2.24, 2.45) is 0 Å². The minimum atomic E-state index is 0.162. The average Bonchev–Trinajstić information content (AvgIpc) is 2.85. The smallest absolute Gasteiger partial charge is 0.123 e. The SMILES string of the molecule is Cc1cccc(OC2CC2)c1C(C)(C)C. The molecule has 0 radical (unpaired) electrons. The van der Waals surface area contributed by atoms with Gasteiger partial charge >= 0.3 is 0 Å². The Kier molecular flexibility index (Phi) is 2.49. The second-order valence-electron chi connectivity index (χ2n) is 5.52. The summed E-state index contributed by atoms with van der Waals surface area (Å²) in [6.07, 6.45) is 2.92. The largest absolute Gasteiger partial charge is 0.490 e. The zero-order valence-corrected chi connectivity index (χ0v) is 10.1. The van der Waals surface area contributed by atoms with Gasteiger partial charge in [0, 0.05) is 5.56 Å². The van der Waals surface area contributed by atoms with Crippen LogP contribution in [0.3, 0.4) is 0 Å². The maximum atomic E-state index is 5.96. The highest BCUT2D eigenvalue weighted by Gasteiger charge is 2.27. The molecule has 0 amide bonds. The van der Waals surface area contributed by atoms with Crippen LogP contribution in [-0.2, 0) is 5.41 Å². The van der Waals surface area contributed by atoms with E-state index in [1.165, 1.54) is 24.0 Å². The van der Waals surface area contributed by atoms with Gasteiger partial charge < -0.3 is 4.74 Å². The van der Waals surface area contributed by atoms with Crippen LogP contribution in [0, 0.1) is 6.92 Å². The minimum absolute atomic E-state index is 0.162. The Morgan fingerprint density at radius 1 is 1.20 bits per heavy atom. The molecule has 1 fully saturated rings. The molecule has 0 unspecified atom stereocenters. The Morgan fingerprint density at radius 3 is 2.40 bits per heavy atom. The lowest BCUT2D eigenvalue weighted by Crippen LogP contribution is -2.15. The zero-order valence-electron chi connectivity index (χ0n) is 10.1. The second-order valence-corrected chi connectivity index (χ2v) is 5.52. The highest BCUT2D eigenvalue weighted by Crippen LogP contribution is 2.37. The van der Waals surface area contributed by atoms with E-state index in [1.54, 1.807) is 0 Å². The summed E-state index contributed by atoms with van der Waals surface area (Å²) in [5.74, 6) is 1.09. The molecule has 0 aliphatic heterocycles. The molecule has 0 aromatic heterocycles. The highest BCUT2D eigenvalue weighted by molar-refractivity contribution is 5.44. The maximum Gasteiger partial charge on any atom is 0.123 e. The van der Waals surface area contributed by atoms with E-state index in [9.17, 15) is 0 Å². The fourth-order valence-electron chi connectivity index (χ4n) is 2.07. The topological polar surface area (TPSA) is 9.23 Å². The Bertz CT molecular complexity index is 356. The number of ether oxygens (including phenoxy) is 1. The zero-order chi connectivity index (χ0) is 11.1. The van der Waals surface area contributed by atoms with Gasteiger partial charge in [0.2, 0.25) is 0 Å². The molecule has 0 spiro atoms.